The van der Waals surface area contributed by atoms with Crippen LogP contribution in [-0.2, 0) is 9.53 Å². The molecule has 1 N–H and O–H groups in total. The molecule has 0 radical (unpaired) electrons. The summed E-state index contributed by atoms with van der Waals surface area (Å²) in [6, 6.07) is 0. The number of rotatable bonds is 4. The highest BCUT2D eigenvalue weighted by Gasteiger charge is 2.21. The molecule has 1 aromatic rings. The summed E-state index contributed by atoms with van der Waals surface area (Å²) in [7, 11) is 0. The van der Waals surface area contributed by atoms with Crippen molar-refractivity contribution in [2.75, 3.05) is 11.9 Å². The third-order valence-electron chi connectivity index (χ3n) is 3.34. The number of thiazole rings is 1. The molecule has 2 unspecified atom stereocenters. The predicted molar refractivity (Wildman–Crippen MR) is 77.7 cm³/mol. The molecule has 0 spiro atoms. The first-order chi connectivity index (χ1) is 9.56. The van der Waals surface area contributed by atoms with Crippen molar-refractivity contribution < 1.29 is 14.3 Å². The van der Waals surface area contributed by atoms with Crippen molar-refractivity contribution in [1.82, 2.24) is 4.98 Å². The van der Waals surface area contributed by atoms with E-state index in [0.29, 0.717) is 23.6 Å². The Hall–Kier alpha value is -1.69. The van der Waals surface area contributed by atoms with Crippen LogP contribution >= 0.6 is 11.3 Å². The van der Waals surface area contributed by atoms with E-state index < -0.39 is 5.97 Å². The van der Waals surface area contributed by atoms with Crippen molar-refractivity contribution >= 4 is 28.3 Å². The van der Waals surface area contributed by atoms with Crippen molar-refractivity contribution in [3.05, 3.63) is 23.2 Å². The lowest BCUT2D eigenvalue weighted by Gasteiger charge is -2.24. The smallest absolute Gasteiger partial charge is 0.357 e. The Balaban J connectivity index is 1.86. The maximum Gasteiger partial charge on any atom is 0.357 e. The third-order valence-corrected chi connectivity index (χ3v) is 4.10. The van der Waals surface area contributed by atoms with Crippen LogP contribution in [0.5, 0.6) is 0 Å². The van der Waals surface area contributed by atoms with Crippen LogP contribution in [0.3, 0.4) is 0 Å². The Bertz CT molecular complexity index is 524. The highest BCUT2D eigenvalue weighted by Crippen LogP contribution is 2.25. The fraction of sp³-hybridized carbons (Fsp3) is 0.500. The van der Waals surface area contributed by atoms with Gasteiger partial charge in [0.15, 0.2) is 10.8 Å². The lowest BCUT2D eigenvalue weighted by molar-refractivity contribution is -0.114. The molecular weight excluding hydrogens is 276 g/mol. The molecule has 0 aromatic carbocycles. The van der Waals surface area contributed by atoms with E-state index in [1.807, 2.05) is 0 Å². The highest BCUT2D eigenvalue weighted by molar-refractivity contribution is 7.14. The zero-order valence-corrected chi connectivity index (χ0v) is 12.4. The van der Waals surface area contributed by atoms with Gasteiger partial charge >= 0.3 is 5.97 Å². The molecule has 0 fully saturated rings. The van der Waals surface area contributed by atoms with Gasteiger partial charge in [0.2, 0.25) is 5.91 Å². The van der Waals surface area contributed by atoms with Gasteiger partial charge in [-0.3, -0.25) is 4.79 Å². The number of carbonyl (C=O) groups is 2. The standard InChI is InChI=1S/C14H18N2O3S/c1-9-5-3-4-6-11(9)7-19-13(18)12-8-20-14(16-12)15-10(2)17/h3-4,8-9,11H,5-7H2,1-2H3,(H,15,16,17). The molecule has 108 valence electrons. The van der Waals surface area contributed by atoms with E-state index in [-0.39, 0.29) is 11.6 Å². The second-order valence-corrected chi connectivity index (χ2v) is 5.86. The lowest BCUT2D eigenvalue weighted by atomic mass is 9.85. The Labute approximate surface area is 122 Å². The first-order valence-electron chi connectivity index (χ1n) is 6.61. The number of allylic oxidation sites excluding steroid dienone is 2. The van der Waals surface area contributed by atoms with Crippen LogP contribution in [0.25, 0.3) is 0 Å². The highest BCUT2D eigenvalue weighted by atomic mass is 32.1. The van der Waals surface area contributed by atoms with Gasteiger partial charge in [0.1, 0.15) is 0 Å². The Kier molecular flexibility index (Phi) is 4.89. The van der Waals surface area contributed by atoms with Crippen molar-refractivity contribution in [3.8, 4) is 0 Å². The summed E-state index contributed by atoms with van der Waals surface area (Å²) in [6.45, 7) is 3.98. The molecule has 0 bridgehead atoms. The van der Waals surface area contributed by atoms with Crippen molar-refractivity contribution in [2.45, 2.75) is 26.7 Å². The van der Waals surface area contributed by atoms with Crippen molar-refractivity contribution in [3.63, 3.8) is 0 Å². The SMILES string of the molecule is CC(=O)Nc1nc(C(=O)OCC2CC=CCC2C)cs1. The largest absolute Gasteiger partial charge is 0.461 e. The number of aromatic nitrogens is 1. The second-order valence-electron chi connectivity index (χ2n) is 5.00. The minimum absolute atomic E-state index is 0.206. The summed E-state index contributed by atoms with van der Waals surface area (Å²) in [6.07, 6.45) is 6.29. The molecule has 0 aliphatic heterocycles. The molecule has 1 heterocycles. The molecule has 20 heavy (non-hydrogen) atoms. The molecule has 1 aliphatic rings. The maximum atomic E-state index is 11.9. The van der Waals surface area contributed by atoms with E-state index in [2.05, 4.69) is 29.4 Å². The molecule has 5 nitrogen and oxygen atoms in total. The minimum atomic E-state index is -0.431. The summed E-state index contributed by atoms with van der Waals surface area (Å²) < 4.78 is 5.31. The number of nitrogens with zero attached hydrogens (tertiary/aromatic N) is 1. The number of anilines is 1. The molecule has 2 atom stereocenters. The van der Waals surface area contributed by atoms with Crippen LogP contribution in [0.1, 0.15) is 37.2 Å². The first kappa shape index (κ1) is 14.7. The zero-order valence-electron chi connectivity index (χ0n) is 11.6. The predicted octanol–water partition coefficient (Wildman–Crippen LogP) is 2.86. The molecule has 2 rings (SSSR count). The average Bonchev–Trinajstić information content (AvgIpc) is 2.85. The van der Waals surface area contributed by atoms with E-state index in [0.717, 1.165) is 12.8 Å². The van der Waals surface area contributed by atoms with Gasteiger partial charge in [0.25, 0.3) is 0 Å². The molecule has 1 amide bonds. The van der Waals surface area contributed by atoms with Gasteiger partial charge in [-0.2, -0.15) is 0 Å². The normalized spacial score (nSPS) is 21.5. The number of esters is 1. The number of ether oxygens (including phenoxy) is 1. The van der Waals surface area contributed by atoms with E-state index in [9.17, 15) is 9.59 Å². The number of amides is 1. The maximum absolute atomic E-state index is 11.9. The van der Waals surface area contributed by atoms with Crippen LogP contribution in [0.2, 0.25) is 0 Å². The monoisotopic (exact) mass is 294 g/mol. The van der Waals surface area contributed by atoms with Crippen LogP contribution in [0.4, 0.5) is 5.13 Å². The Morgan fingerprint density at radius 2 is 2.20 bits per heavy atom. The fourth-order valence-corrected chi connectivity index (χ4v) is 2.80. The summed E-state index contributed by atoms with van der Waals surface area (Å²) in [4.78, 5) is 26.8. The van der Waals surface area contributed by atoms with Gasteiger partial charge in [-0.15, -0.1) is 11.3 Å². The van der Waals surface area contributed by atoms with Gasteiger partial charge < -0.3 is 10.1 Å². The van der Waals surface area contributed by atoms with Crippen LogP contribution in [0.15, 0.2) is 17.5 Å². The van der Waals surface area contributed by atoms with E-state index >= 15 is 0 Å². The van der Waals surface area contributed by atoms with Gasteiger partial charge in [0.05, 0.1) is 6.61 Å². The number of hydrogen-bond donors (Lipinski definition) is 1. The molecule has 1 aliphatic carbocycles. The number of carbonyl (C=O) groups excluding carboxylic acids is 2. The molecule has 1 aromatic heterocycles. The third kappa shape index (κ3) is 3.90. The van der Waals surface area contributed by atoms with Gasteiger partial charge in [0, 0.05) is 12.3 Å². The van der Waals surface area contributed by atoms with Gasteiger partial charge in [-0.05, 0) is 24.7 Å². The summed E-state index contributed by atoms with van der Waals surface area (Å²) in [5.41, 5.74) is 0.248. The minimum Gasteiger partial charge on any atom is -0.461 e. The molecular formula is C14H18N2O3S. The van der Waals surface area contributed by atoms with Gasteiger partial charge in [-0.1, -0.05) is 19.1 Å². The summed E-state index contributed by atoms with van der Waals surface area (Å²) in [5.74, 6) is 0.261. The average molecular weight is 294 g/mol. The second kappa shape index (κ2) is 6.65. The van der Waals surface area contributed by atoms with Crippen molar-refractivity contribution in [1.29, 1.82) is 0 Å². The van der Waals surface area contributed by atoms with Gasteiger partial charge in [-0.25, -0.2) is 9.78 Å². The van der Waals surface area contributed by atoms with E-state index in [4.69, 9.17) is 4.74 Å². The quantitative estimate of drug-likeness (QED) is 0.685. The molecule has 0 saturated heterocycles. The van der Waals surface area contributed by atoms with Crippen LogP contribution in [-0.4, -0.2) is 23.5 Å². The fourth-order valence-electron chi connectivity index (χ4n) is 2.07. The summed E-state index contributed by atoms with van der Waals surface area (Å²) >= 11 is 1.21. The number of hydrogen-bond acceptors (Lipinski definition) is 5. The molecule has 6 heteroatoms. The molecule has 0 saturated carbocycles. The first-order valence-corrected chi connectivity index (χ1v) is 7.49. The zero-order chi connectivity index (χ0) is 14.5. The Morgan fingerprint density at radius 1 is 1.45 bits per heavy atom. The van der Waals surface area contributed by atoms with Crippen molar-refractivity contribution in [2.24, 2.45) is 11.8 Å². The lowest BCUT2D eigenvalue weighted by Crippen LogP contribution is -2.21. The van der Waals surface area contributed by atoms with Crippen LogP contribution < -0.4 is 5.32 Å². The van der Waals surface area contributed by atoms with E-state index in [1.165, 1.54) is 18.3 Å². The summed E-state index contributed by atoms with van der Waals surface area (Å²) in [5, 5.41) is 4.55. The Morgan fingerprint density at radius 3 is 2.90 bits per heavy atom. The van der Waals surface area contributed by atoms with Crippen LogP contribution in [0, 0.1) is 11.8 Å². The number of nitrogens with one attached hydrogen (secondary N) is 1. The van der Waals surface area contributed by atoms with E-state index in [1.54, 1.807) is 5.38 Å². The topological polar surface area (TPSA) is 68.3 Å².